The number of rotatable bonds is 6. The first-order chi connectivity index (χ1) is 14.2. The first kappa shape index (κ1) is 21.2. The van der Waals surface area contributed by atoms with E-state index in [1.807, 2.05) is 5.32 Å². The Balaban J connectivity index is 1.67. The molecule has 3 aromatic rings. The van der Waals surface area contributed by atoms with Crippen LogP contribution in [0.15, 0.2) is 66.9 Å². The summed E-state index contributed by atoms with van der Waals surface area (Å²) in [5, 5.41) is 1.89. The molecule has 0 saturated carbocycles. The molecule has 4 nitrogen and oxygen atoms in total. The van der Waals surface area contributed by atoms with Gasteiger partial charge in [-0.1, -0.05) is 18.2 Å². The molecule has 30 heavy (non-hydrogen) atoms. The van der Waals surface area contributed by atoms with Crippen LogP contribution in [0.25, 0.3) is 0 Å². The summed E-state index contributed by atoms with van der Waals surface area (Å²) in [5.41, 5.74) is -0.00657. The van der Waals surface area contributed by atoms with Crippen molar-refractivity contribution >= 4 is 5.91 Å². The Morgan fingerprint density at radius 1 is 1.00 bits per heavy atom. The van der Waals surface area contributed by atoms with Crippen LogP contribution < -0.4 is 10.1 Å². The number of ether oxygens (including phenoxy) is 1. The van der Waals surface area contributed by atoms with Crippen LogP contribution in [0.3, 0.4) is 0 Å². The number of carbonyl (C=O) groups is 1. The van der Waals surface area contributed by atoms with E-state index in [1.54, 1.807) is 6.07 Å². The maximum Gasteiger partial charge on any atom is 0.412 e. The molecule has 1 amide bonds. The van der Waals surface area contributed by atoms with Crippen molar-refractivity contribution in [2.45, 2.75) is 18.8 Å². The van der Waals surface area contributed by atoms with Gasteiger partial charge in [0, 0.05) is 12.3 Å². The molecule has 1 unspecified atom stereocenters. The Bertz CT molecular complexity index is 1010. The summed E-state index contributed by atoms with van der Waals surface area (Å²) < 4.78 is 71.6. The molecule has 1 aromatic heterocycles. The van der Waals surface area contributed by atoms with E-state index in [4.69, 9.17) is 4.74 Å². The first-order valence-electron chi connectivity index (χ1n) is 8.69. The van der Waals surface area contributed by atoms with Gasteiger partial charge < -0.3 is 10.1 Å². The second kappa shape index (κ2) is 8.89. The Kier molecular flexibility index (Phi) is 6.29. The Morgan fingerprint density at radius 3 is 2.33 bits per heavy atom. The fraction of sp³-hybridized carbons (Fsp3) is 0.143. The van der Waals surface area contributed by atoms with E-state index in [2.05, 4.69) is 4.98 Å². The second-order valence-electron chi connectivity index (χ2n) is 6.28. The van der Waals surface area contributed by atoms with Crippen molar-refractivity contribution in [2.24, 2.45) is 0 Å². The van der Waals surface area contributed by atoms with E-state index < -0.39 is 29.8 Å². The van der Waals surface area contributed by atoms with E-state index >= 15 is 0 Å². The number of halogens is 5. The summed E-state index contributed by atoms with van der Waals surface area (Å²) >= 11 is 0. The van der Waals surface area contributed by atoms with Gasteiger partial charge in [0.05, 0.1) is 11.3 Å². The number of aromatic nitrogens is 1. The number of amides is 1. The van der Waals surface area contributed by atoms with Gasteiger partial charge in [0.25, 0.3) is 5.91 Å². The SMILES string of the molecule is O=C(NC(c1ccc(F)cc1)C(F)(F)F)c1ccc(COc2cccc(F)c2)nc1. The third kappa shape index (κ3) is 5.53. The molecule has 0 aliphatic rings. The van der Waals surface area contributed by atoms with E-state index in [0.29, 0.717) is 5.69 Å². The third-order valence-electron chi connectivity index (χ3n) is 4.08. The molecule has 0 fully saturated rings. The molecular formula is C21H15F5N2O2. The number of pyridine rings is 1. The van der Waals surface area contributed by atoms with Gasteiger partial charge in [-0.25, -0.2) is 8.78 Å². The quantitative estimate of drug-likeness (QED) is 0.571. The van der Waals surface area contributed by atoms with Crippen LogP contribution in [0.2, 0.25) is 0 Å². The second-order valence-corrected chi connectivity index (χ2v) is 6.28. The van der Waals surface area contributed by atoms with Gasteiger partial charge in [-0.2, -0.15) is 13.2 Å². The van der Waals surface area contributed by atoms with Crippen LogP contribution in [0.1, 0.15) is 27.7 Å². The Hall–Kier alpha value is -3.49. The predicted octanol–water partition coefficient (Wildman–Crippen LogP) is 4.97. The van der Waals surface area contributed by atoms with Gasteiger partial charge in [0.2, 0.25) is 0 Å². The lowest BCUT2D eigenvalue weighted by Crippen LogP contribution is -2.38. The topological polar surface area (TPSA) is 51.2 Å². The number of alkyl halides is 3. The van der Waals surface area contributed by atoms with Crippen molar-refractivity contribution in [3.63, 3.8) is 0 Å². The zero-order valence-electron chi connectivity index (χ0n) is 15.3. The maximum absolute atomic E-state index is 13.4. The summed E-state index contributed by atoms with van der Waals surface area (Å²) in [4.78, 5) is 16.3. The fourth-order valence-electron chi connectivity index (χ4n) is 2.58. The molecule has 0 saturated heterocycles. The monoisotopic (exact) mass is 422 g/mol. The molecule has 1 atom stereocenters. The van der Waals surface area contributed by atoms with Crippen LogP contribution in [0.4, 0.5) is 22.0 Å². The summed E-state index contributed by atoms with van der Waals surface area (Å²) in [6, 6.07) is 9.57. The predicted molar refractivity (Wildman–Crippen MR) is 97.6 cm³/mol. The highest BCUT2D eigenvalue weighted by Crippen LogP contribution is 2.33. The lowest BCUT2D eigenvalue weighted by molar-refractivity contribution is -0.155. The van der Waals surface area contributed by atoms with Gasteiger partial charge in [0.1, 0.15) is 24.0 Å². The van der Waals surface area contributed by atoms with Crippen molar-refractivity contribution in [1.82, 2.24) is 10.3 Å². The first-order valence-corrected chi connectivity index (χ1v) is 8.69. The third-order valence-corrected chi connectivity index (χ3v) is 4.08. The molecule has 0 spiro atoms. The summed E-state index contributed by atoms with van der Waals surface area (Å²) in [6.45, 7) is -0.0217. The van der Waals surface area contributed by atoms with Gasteiger partial charge in [-0.05, 0) is 42.0 Å². The molecule has 0 radical (unpaired) electrons. The minimum atomic E-state index is -4.78. The van der Waals surface area contributed by atoms with Gasteiger partial charge in [-0.3, -0.25) is 9.78 Å². The molecular weight excluding hydrogens is 407 g/mol. The zero-order chi connectivity index (χ0) is 21.7. The van der Waals surface area contributed by atoms with Crippen LogP contribution in [0, 0.1) is 11.6 Å². The Labute approximate surface area is 168 Å². The molecule has 2 aromatic carbocycles. The molecule has 0 bridgehead atoms. The van der Waals surface area contributed by atoms with Gasteiger partial charge >= 0.3 is 6.18 Å². The number of nitrogens with zero attached hydrogens (tertiary/aromatic N) is 1. The number of carbonyl (C=O) groups excluding carboxylic acids is 1. The van der Waals surface area contributed by atoms with E-state index in [1.165, 1.54) is 30.3 Å². The lowest BCUT2D eigenvalue weighted by atomic mass is 10.1. The van der Waals surface area contributed by atoms with Crippen molar-refractivity contribution in [1.29, 1.82) is 0 Å². The van der Waals surface area contributed by atoms with Crippen LogP contribution >= 0.6 is 0 Å². The fourth-order valence-corrected chi connectivity index (χ4v) is 2.58. The Morgan fingerprint density at radius 2 is 1.73 bits per heavy atom. The van der Waals surface area contributed by atoms with E-state index in [9.17, 15) is 26.7 Å². The summed E-state index contributed by atoms with van der Waals surface area (Å²) in [5.74, 6) is -1.86. The highest BCUT2D eigenvalue weighted by Gasteiger charge is 2.42. The minimum Gasteiger partial charge on any atom is -0.487 e. The summed E-state index contributed by atoms with van der Waals surface area (Å²) in [6.07, 6.45) is -3.67. The molecule has 1 N–H and O–H groups in total. The largest absolute Gasteiger partial charge is 0.487 e. The van der Waals surface area contributed by atoms with Crippen molar-refractivity contribution in [3.8, 4) is 5.75 Å². The average molecular weight is 422 g/mol. The number of nitrogens with one attached hydrogen (secondary N) is 1. The van der Waals surface area contributed by atoms with Crippen LogP contribution in [-0.2, 0) is 6.61 Å². The van der Waals surface area contributed by atoms with Crippen molar-refractivity contribution < 1.29 is 31.5 Å². The van der Waals surface area contributed by atoms with Crippen LogP contribution in [0.5, 0.6) is 5.75 Å². The number of hydrogen-bond donors (Lipinski definition) is 1. The number of benzene rings is 2. The summed E-state index contributed by atoms with van der Waals surface area (Å²) in [7, 11) is 0. The normalized spacial score (nSPS) is 12.3. The highest BCUT2D eigenvalue weighted by molar-refractivity contribution is 5.94. The van der Waals surface area contributed by atoms with Crippen molar-refractivity contribution in [2.75, 3.05) is 0 Å². The smallest absolute Gasteiger partial charge is 0.412 e. The molecule has 3 rings (SSSR count). The molecule has 0 aliphatic carbocycles. The number of hydrogen-bond acceptors (Lipinski definition) is 3. The van der Waals surface area contributed by atoms with Gasteiger partial charge in [-0.15, -0.1) is 0 Å². The lowest BCUT2D eigenvalue weighted by Gasteiger charge is -2.22. The van der Waals surface area contributed by atoms with E-state index in [-0.39, 0.29) is 23.5 Å². The maximum atomic E-state index is 13.4. The van der Waals surface area contributed by atoms with Crippen LogP contribution in [-0.4, -0.2) is 17.1 Å². The van der Waals surface area contributed by atoms with Crippen molar-refractivity contribution in [3.05, 3.63) is 95.3 Å². The van der Waals surface area contributed by atoms with E-state index in [0.717, 1.165) is 30.5 Å². The highest BCUT2D eigenvalue weighted by atomic mass is 19.4. The molecule has 0 aliphatic heterocycles. The minimum absolute atomic E-state index is 0.0217. The molecule has 1 heterocycles. The standard InChI is InChI=1S/C21H15F5N2O2/c22-15-7-4-13(5-8-15)19(21(24,25)26)28-20(29)14-6-9-17(27-11-14)12-30-18-3-1-2-16(23)10-18/h1-11,19H,12H2,(H,28,29). The average Bonchev–Trinajstić information content (AvgIpc) is 2.71. The van der Waals surface area contributed by atoms with Gasteiger partial charge in [0.15, 0.2) is 6.04 Å². The molecule has 156 valence electrons. The molecule has 9 heteroatoms. The zero-order valence-corrected chi connectivity index (χ0v) is 15.3.